The molecule has 0 unspecified atom stereocenters. The molecule has 3 heterocycles. The van der Waals surface area contributed by atoms with Crippen LogP contribution in [0.3, 0.4) is 0 Å². The second kappa shape index (κ2) is 7.81. The van der Waals surface area contributed by atoms with Crippen molar-refractivity contribution in [3.63, 3.8) is 0 Å². The number of hydrogen-bond acceptors (Lipinski definition) is 6. The Kier molecular flexibility index (Phi) is 5.30. The van der Waals surface area contributed by atoms with E-state index in [-0.39, 0.29) is 30.1 Å². The van der Waals surface area contributed by atoms with Crippen LogP contribution in [0.4, 0.5) is 5.82 Å². The first-order valence-electron chi connectivity index (χ1n) is 9.96. The van der Waals surface area contributed by atoms with Crippen LogP contribution in [-0.2, 0) is 16.1 Å². The number of piperazine rings is 1. The van der Waals surface area contributed by atoms with Gasteiger partial charge in [-0.1, -0.05) is 23.7 Å². The summed E-state index contributed by atoms with van der Waals surface area (Å²) in [4.78, 5) is 43.0. The molecule has 0 aliphatic carbocycles. The van der Waals surface area contributed by atoms with Gasteiger partial charge in [0.15, 0.2) is 17.1 Å². The Labute approximate surface area is 184 Å². The lowest BCUT2D eigenvalue weighted by Crippen LogP contribution is -2.81. The van der Waals surface area contributed by atoms with Crippen LogP contribution in [0.1, 0.15) is 29.9 Å². The second-order valence-corrected chi connectivity index (χ2v) is 8.60. The van der Waals surface area contributed by atoms with Crippen LogP contribution in [0.25, 0.3) is 0 Å². The summed E-state index contributed by atoms with van der Waals surface area (Å²) in [6.07, 6.45) is 0. The lowest BCUT2D eigenvalue weighted by molar-refractivity contribution is -0.170. The summed E-state index contributed by atoms with van der Waals surface area (Å²) in [7, 11) is 0. The molecule has 2 aliphatic heterocycles. The Bertz CT molecular complexity index is 1020. The van der Waals surface area contributed by atoms with Gasteiger partial charge in [-0.05, 0) is 43.7 Å². The summed E-state index contributed by atoms with van der Waals surface area (Å²) >= 11 is 5.98. The summed E-state index contributed by atoms with van der Waals surface area (Å²) in [5.74, 6) is -0.315. The van der Waals surface area contributed by atoms with E-state index in [9.17, 15) is 14.4 Å². The molecule has 2 aromatic rings. The van der Waals surface area contributed by atoms with Crippen molar-refractivity contribution in [2.24, 2.45) is 5.73 Å². The number of primary amides is 1. The third-order valence-corrected chi connectivity index (χ3v) is 6.04. The van der Waals surface area contributed by atoms with E-state index in [2.05, 4.69) is 10.2 Å². The van der Waals surface area contributed by atoms with E-state index in [1.54, 1.807) is 28.0 Å². The van der Waals surface area contributed by atoms with Gasteiger partial charge in [0.1, 0.15) is 6.54 Å². The van der Waals surface area contributed by atoms with Gasteiger partial charge in [-0.15, -0.1) is 10.2 Å². The average molecular weight is 443 g/mol. The Morgan fingerprint density at radius 3 is 2.35 bits per heavy atom. The van der Waals surface area contributed by atoms with Gasteiger partial charge in [0.05, 0.1) is 13.1 Å². The van der Waals surface area contributed by atoms with Crippen LogP contribution in [0.5, 0.6) is 0 Å². The minimum absolute atomic E-state index is 0.0545. The van der Waals surface area contributed by atoms with Crippen molar-refractivity contribution in [2.75, 3.05) is 24.5 Å². The number of nitrogens with zero attached hydrogens (tertiary/aromatic N) is 5. The summed E-state index contributed by atoms with van der Waals surface area (Å²) in [6.45, 7) is 4.75. The minimum atomic E-state index is -0.983. The average Bonchev–Trinajstić information content (AvgIpc) is 2.71. The molecule has 3 amide bonds. The maximum Gasteiger partial charge on any atom is 0.269 e. The molecule has 9 nitrogen and oxygen atoms in total. The van der Waals surface area contributed by atoms with Crippen LogP contribution < -0.4 is 10.6 Å². The van der Waals surface area contributed by atoms with E-state index in [0.717, 1.165) is 5.56 Å². The molecule has 2 saturated heterocycles. The van der Waals surface area contributed by atoms with Gasteiger partial charge in [0, 0.05) is 17.6 Å². The van der Waals surface area contributed by atoms with Crippen molar-refractivity contribution >= 4 is 35.1 Å². The molecular formula is C21H23ClN6O3. The molecule has 162 valence electrons. The summed E-state index contributed by atoms with van der Waals surface area (Å²) in [5.41, 5.74) is 5.20. The summed E-state index contributed by atoms with van der Waals surface area (Å²) in [5, 5.41) is 8.49. The highest BCUT2D eigenvalue weighted by molar-refractivity contribution is 6.30. The van der Waals surface area contributed by atoms with Crippen LogP contribution in [0, 0.1) is 0 Å². The maximum atomic E-state index is 13.5. The van der Waals surface area contributed by atoms with Crippen molar-refractivity contribution in [2.45, 2.75) is 32.0 Å². The van der Waals surface area contributed by atoms with Gasteiger partial charge >= 0.3 is 0 Å². The lowest BCUT2D eigenvalue weighted by Gasteiger charge is -2.58. The van der Waals surface area contributed by atoms with E-state index in [1.807, 2.05) is 30.9 Å². The number of halogens is 1. The predicted molar refractivity (Wildman–Crippen MR) is 114 cm³/mol. The zero-order chi connectivity index (χ0) is 22.3. The van der Waals surface area contributed by atoms with E-state index >= 15 is 0 Å². The number of nitrogens with two attached hydrogens (primary N) is 1. The Hall–Kier alpha value is -3.20. The third kappa shape index (κ3) is 3.69. The van der Waals surface area contributed by atoms with Crippen LogP contribution in [0.2, 0.25) is 5.02 Å². The zero-order valence-electron chi connectivity index (χ0n) is 17.3. The van der Waals surface area contributed by atoms with Crippen molar-refractivity contribution < 1.29 is 14.4 Å². The largest absolute Gasteiger partial charge is 0.364 e. The predicted octanol–water partition coefficient (Wildman–Crippen LogP) is 1.07. The van der Waals surface area contributed by atoms with Gasteiger partial charge in [0.2, 0.25) is 5.91 Å². The minimum Gasteiger partial charge on any atom is -0.364 e. The molecule has 10 heteroatoms. The summed E-state index contributed by atoms with van der Waals surface area (Å²) < 4.78 is 0. The molecule has 4 rings (SSSR count). The second-order valence-electron chi connectivity index (χ2n) is 8.16. The number of carbonyl (C=O) groups excluding carboxylic acids is 3. The number of hydrogen-bond donors (Lipinski definition) is 1. The lowest BCUT2D eigenvalue weighted by atomic mass is 9.82. The SMILES string of the molecule is CC(C)N1CC(=O)N(Cc2ccc(Cl)cc2)C2(CN(c3ccc(C(N)=O)nn3)C2)C1=O. The van der Waals surface area contributed by atoms with E-state index in [0.29, 0.717) is 30.5 Å². The van der Waals surface area contributed by atoms with Crippen molar-refractivity contribution in [1.82, 2.24) is 20.0 Å². The number of amides is 3. The fourth-order valence-electron chi connectivity index (χ4n) is 4.03. The van der Waals surface area contributed by atoms with Crippen LogP contribution in [0.15, 0.2) is 36.4 Å². The number of aromatic nitrogens is 2. The highest BCUT2D eigenvalue weighted by Gasteiger charge is 2.60. The van der Waals surface area contributed by atoms with E-state index < -0.39 is 11.4 Å². The molecule has 1 spiro atoms. The van der Waals surface area contributed by atoms with Gasteiger partial charge < -0.3 is 20.4 Å². The van der Waals surface area contributed by atoms with Gasteiger partial charge in [0.25, 0.3) is 11.8 Å². The van der Waals surface area contributed by atoms with Gasteiger partial charge in [-0.25, -0.2) is 0 Å². The molecule has 2 N–H and O–H groups in total. The number of benzene rings is 1. The fourth-order valence-corrected chi connectivity index (χ4v) is 4.16. The molecule has 1 aromatic heterocycles. The molecule has 1 aromatic carbocycles. The highest BCUT2D eigenvalue weighted by Crippen LogP contribution is 2.37. The van der Waals surface area contributed by atoms with E-state index in [4.69, 9.17) is 17.3 Å². The topological polar surface area (TPSA) is 113 Å². The molecule has 0 saturated carbocycles. The molecule has 0 atom stereocenters. The van der Waals surface area contributed by atoms with Crippen LogP contribution in [-0.4, -0.2) is 68.9 Å². The molecule has 0 bridgehead atoms. The van der Waals surface area contributed by atoms with Gasteiger partial charge in [-0.2, -0.15) is 0 Å². The fraction of sp³-hybridized carbons (Fsp3) is 0.381. The monoisotopic (exact) mass is 442 g/mol. The maximum absolute atomic E-state index is 13.5. The first-order chi connectivity index (χ1) is 14.7. The molecule has 0 radical (unpaired) electrons. The Morgan fingerprint density at radius 1 is 1.13 bits per heavy atom. The van der Waals surface area contributed by atoms with Gasteiger partial charge in [-0.3, -0.25) is 14.4 Å². The third-order valence-electron chi connectivity index (χ3n) is 5.79. The number of anilines is 1. The van der Waals surface area contributed by atoms with Crippen molar-refractivity contribution in [3.8, 4) is 0 Å². The Balaban J connectivity index is 1.61. The molecule has 2 fully saturated rings. The highest BCUT2D eigenvalue weighted by atomic mass is 35.5. The smallest absolute Gasteiger partial charge is 0.269 e. The zero-order valence-corrected chi connectivity index (χ0v) is 18.0. The molecule has 2 aliphatic rings. The molecule has 31 heavy (non-hydrogen) atoms. The Morgan fingerprint density at radius 2 is 1.81 bits per heavy atom. The van der Waals surface area contributed by atoms with Crippen LogP contribution >= 0.6 is 11.6 Å². The van der Waals surface area contributed by atoms with E-state index in [1.165, 1.54) is 6.07 Å². The first kappa shape index (κ1) is 21.0. The number of carbonyl (C=O) groups is 3. The quantitative estimate of drug-likeness (QED) is 0.741. The van der Waals surface area contributed by atoms with Crippen molar-refractivity contribution in [3.05, 3.63) is 52.7 Å². The molecular weight excluding hydrogens is 420 g/mol. The summed E-state index contributed by atoms with van der Waals surface area (Å²) in [6, 6.07) is 10.3. The standard InChI is InChI=1S/C21H23ClN6O3/c1-13(2)27-10-18(29)28(9-14-3-5-15(22)6-4-14)21(20(27)31)11-26(12-21)17-8-7-16(19(23)30)24-25-17/h3-8,13H,9-12H2,1-2H3,(H2,23,30). The van der Waals surface area contributed by atoms with Crippen molar-refractivity contribution in [1.29, 1.82) is 0 Å². The first-order valence-corrected chi connectivity index (χ1v) is 10.3. The number of rotatable bonds is 5. The normalized spacial score (nSPS) is 18.0.